The van der Waals surface area contributed by atoms with Crippen LogP contribution in [0.25, 0.3) is 0 Å². The third kappa shape index (κ3) is 3.03. The molecule has 0 bridgehead atoms. The largest absolute Gasteiger partial charge is 0.454 e. The fourth-order valence-corrected chi connectivity index (χ4v) is 4.12. The number of imide groups is 1. The first-order valence-corrected chi connectivity index (χ1v) is 10.0. The molecule has 30 heavy (non-hydrogen) atoms. The van der Waals surface area contributed by atoms with E-state index in [2.05, 4.69) is 16.8 Å². The normalized spacial score (nSPS) is 20.1. The molecule has 0 spiro atoms. The lowest BCUT2D eigenvalue weighted by atomic mass is 9.91. The summed E-state index contributed by atoms with van der Waals surface area (Å²) in [6.45, 7) is 8.17. The minimum absolute atomic E-state index is 0.118. The molecule has 1 aromatic heterocycles. The quantitative estimate of drug-likeness (QED) is 0.583. The molecule has 1 aromatic carbocycles. The third-order valence-corrected chi connectivity index (χ3v) is 5.85. The summed E-state index contributed by atoms with van der Waals surface area (Å²) in [6.07, 6.45) is 0.949. The van der Waals surface area contributed by atoms with Crippen molar-refractivity contribution in [2.24, 2.45) is 0 Å². The van der Waals surface area contributed by atoms with Crippen LogP contribution in [0.5, 0.6) is 11.5 Å². The second kappa shape index (κ2) is 7.19. The average Bonchev–Trinajstić information content (AvgIpc) is 3.35. The van der Waals surface area contributed by atoms with Crippen LogP contribution < -0.4 is 14.8 Å². The molecular formula is C22H25N3O5. The number of urea groups is 1. The van der Waals surface area contributed by atoms with Gasteiger partial charge in [0, 0.05) is 23.5 Å². The summed E-state index contributed by atoms with van der Waals surface area (Å²) >= 11 is 0. The van der Waals surface area contributed by atoms with Gasteiger partial charge in [0.2, 0.25) is 6.79 Å². The predicted octanol–water partition coefficient (Wildman–Crippen LogP) is 2.89. The van der Waals surface area contributed by atoms with Crippen molar-refractivity contribution in [3.63, 3.8) is 0 Å². The van der Waals surface area contributed by atoms with Crippen molar-refractivity contribution in [1.82, 2.24) is 14.8 Å². The number of benzene rings is 1. The Morgan fingerprint density at radius 3 is 2.63 bits per heavy atom. The van der Waals surface area contributed by atoms with Crippen molar-refractivity contribution in [3.05, 3.63) is 46.8 Å². The number of hydrogen-bond donors (Lipinski definition) is 1. The number of Topliss-reactive ketones (excluding diaryl/α,β-unsaturated/α-hetero) is 1. The fourth-order valence-electron chi connectivity index (χ4n) is 4.12. The third-order valence-electron chi connectivity index (χ3n) is 5.85. The van der Waals surface area contributed by atoms with Gasteiger partial charge in [-0.05, 0) is 51.0 Å². The number of ether oxygens (including phenoxy) is 2. The van der Waals surface area contributed by atoms with Gasteiger partial charge in [0.25, 0.3) is 5.91 Å². The van der Waals surface area contributed by atoms with Crippen LogP contribution in [0.4, 0.5) is 4.79 Å². The molecule has 2 aliphatic rings. The van der Waals surface area contributed by atoms with Crippen LogP contribution in [0.3, 0.4) is 0 Å². The highest BCUT2D eigenvalue weighted by molar-refractivity contribution is 6.11. The SMILES string of the molecule is CCCn1c(C)cc(C(=O)CN2C(=O)N[C@](C)(c3ccc4c(c3)OCO4)C2=O)c1C. The maximum Gasteiger partial charge on any atom is 0.325 e. The molecule has 3 amide bonds. The van der Waals surface area contributed by atoms with E-state index in [0.29, 0.717) is 22.6 Å². The number of aryl methyl sites for hydroxylation is 1. The van der Waals surface area contributed by atoms with Gasteiger partial charge in [-0.2, -0.15) is 0 Å². The zero-order valence-corrected chi connectivity index (χ0v) is 17.6. The number of hydrogen-bond acceptors (Lipinski definition) is 5. The lowest BCUT2D eigenvalue weighted by Crippen LogP contribution is -2.41. The zero-order valence-electron chi connectivity index (χ0n) is 17.6. The van der Waals surface area contributed by atoms with E-state index in [1.165, 1.54) is 0 Å². The summed E-state index contributed by atoms with van der Waals surface area (Å²) in [5.74, 6) is 0.383. The number of aromatic nitrogens is 1. The Kier molecular flexibility index (Phi) is 4.80. The summed E-state index contributed by atoms with van der Waals surface area (Å²) in [5.41, 5.74) is 1.67. The molecule has 1 atom stereocenters. The van der Waals surface area contributed by atoms with Crippen LogP contribution in [0.1, 0.15) is 47.6 Å². The van der Waals surface area contributed by atoms with Crippen LogP contribution >= 0.6 is 0 Å². The van der Waals surface area contributed by atoms with E-state index < -0.39 is 17.5 Å². The lowest BCUT2D eigenvalue weighted by molar-refractivity contribution is -0.130. The summed E-state index contributed by atoms with van der Waals surface area (Å²) in [6, 6.07) is 6.34. The monoisotopic (exact) mass is 411 g/mol. The number of carbonyl (C=O) groups excluding carboxylic acids is 3. The van der Waals surface area contributed by atoms with E-state index >= 15 is 0 Å². The summed E-state index contributed by atoms with van der Waals surface area (Å²) in [4.78, 5) is 39.7. The van der Waals surface area contributed by atoms with E-state index in [9.17, 15) is 14.4 Å². The number of nitrogens with zero attached hydrogens (tertiary/aromatic N) is 2. The van der Waals surface area contributed by atoms with Gasteiger partial charge in [-0.15, -0.1) is 0 Å². The molecule has 2 aromatic rings. The molecule has 158 valence electrons. The number of carbonyl (C=O) groups is 3. The van der Waals surface area contributed by atoms with Gasteiger partial charge in [-0.1, -0.05) is 13.0 Å². The van der Waals surface area contributed by atoms with Crippen molar-refractivity contribution >= 4 is 17.7 Å². The predicted molar refractivity (Wildman–Crippen MR) is 109 cm³/mol. The van der Waals surface area contributed by atoms with Crippen LogP contribution in [-0.4, -0.2) is 40.5 Å². The first kappa shape index (κ1) is 20.0. The number of rotatable bonds is 6. The molecule has 0 radical (unpaired) electrons. The van der Waals surface area contributed by atoms with E-state index in [0.717, 1.165) is 29.3 Å². The average molecular weight is 411 g/mol. The van der Waals surface area contributed by atoms with Crippen LogP contribution in [0.15, 0.2) is 24.3 Å². The molecule has 1 N–H and O–H groups in total. The van der Waals surface area contributed by atoms with Gasteiger partial charge >= 0.3 is 6.03 Å². The van der Waals surface area contributed by atoms with Crippen molar-refractivity contribution in [3.8, 4) is 11.5 Å². The van der Waals surface area contributed by atoms with Gasteiger partial charge in [0.1, 0.15) is 5.54 Å². The smallest absolute Gasteiger partial charge is 0.325 e. The standard InChI is InChI=1S/C22H25N3O5/c1-5-8-24-13(2)9-16(14(24)3)17(26)11-25-20(27)22(4,23-21(25)28)15-6-7-18-19(10-15)30-12-29-18/h6-7,9-10H,5,8,11-12H2,1-4H3,(H,23,28)/t22-/m1/s1. The molecule has 4 rings (SSSR count). The van der Waals surface area contributed by atoms with Gasteiger partial charge in [-0.25, -0.2) is 4.79 Å². The Balaban J connectivity index is 1.58. The van der Waals surface area contributed by atoms with E-state index in [1.807, 2.05) is 19.9 Å². The topological polar surface area (TPSA) is 89.9 Å². The Bertz CT molecular complexity index is 1060. The second-order valence-electron chi connectivity index (χ2n) is 7.87. The molecule has 0 aliphatic carbocycles. The Morgan fingerprint density at radius 1 is 1.17 bits per heavy atom. The molecule has 0 unspecified atom stereocenters. The molecule has 2 aliphatic heterocycles. The summed E-state index contributed by atoms with van der Waals surface area (Å²) < 4.78 is 12.8. The minimum Gasteiger partial charge on any atom is -0.454 e. The van der Waals surface area contributed by atoms with Gasteiger partial charge in [0.05, 0.1) is 6.54 Å². The van der Waals surface area contributed by atoms with Crippen LogP contribution in [-0.2, 0) is 16.9 Å². The summed E-state index contributed by atoms with van der Waals surface area (Å²) in [5, 5.41) is 2.73. The van der Waals surface area contributed by atoms with Crippen LogP contribution in [0, 0.1) is 13.8 Å². The van der Waals surface area contributed by atoms with Crippen molar-refractivity contribution < 1.29 is 23.9 Å². The highest BCUT2D eigenvalue weighted by atomic mass is 16.7. The van der Waals surface area contributed by atoms with E-state index in [1.54, 1.807) is 25.1 Å². The highest BCUT2D eigenvalue weighted by Crippen LogP contribution is 2.37. The Morgan fingerprint density at radius 2 is 1.90 bits per heavy atom. The molecular weight excluding hydrogens is 386 g/mol. The molecule has 3 heterocycles. The first-order chi connectivity index (χ1) is 14.3. The van der Waals surface area contributed by atoms with E-state index in [-0.39, 0.29) is 19.1 Å². The lowest BCUT2D eigenvalue weighted by Gasteiger charge is -2.22. The Labute approximate surface area is 174 Å². The van der Waals surface area contributed by atoms with Crippen molar-refractivity contribution in [2.45, 2.75) is 46.2 Å². The second-order valence-corrected chi connectivity index (χ2v) is 7.87. The van der Waals surface area contributed by atoms with Gasteiger partial charge < -0.3 is 19.4 Å². The highest BCUT2D eigenvalue weighted by Gasteiger charge is 2.50. The zero-order chi connectivity index (χ0) is 21.6. The van der Waals surface area contributed by atoms with Crippen molar-refractivity contribution in [2.75, 3.05) is 13.3 Å². The van der Waals surface area contributed by atoms with E-state index in [4.69, 9.17) is 9.47 Å². The molecule has 1 fully saturated rings. The first-order valence-electron chi connectivity index (χ1n) is 10.0. The number of nitrogens with one attached hydrogen (secondary N) is 1. The molecule has 8 heteroatoms. The maximum absolute atomic E-state index is 13.2. The van der Waals surface area contributed by atoms with Crippen LogP contribution in [0.2, 0.25) is 0 Å². The number of amides is 3. The Hall–Kier alpha value is -3.29. The fraction of sp³-hybridized carbons (Fsp3) is 0.409. The maximum atomic E-state index is 13.2. The number of ketones is 1. The van der Waals surface area contributed by atoms with Gasteiger partial charge in [-0.3, -0.25) is 14.5 Å². The number of fused-ring (bicyclic) bond motifs is 1. The van der Waals surface area contributed by atoms with Gasteiger partial charge in [0.15, 0.2) is 17.3 Å². The minimum atomic E-state index is -1.28. The summed E-state index contributed by atoms with van der Waals surface area (Å²) in [7, 11) is 0. The van der Waals surface area contributed by atoms with Crippen molar-refractivity contribution in [1.29, 1.82) is 0 Å². The molecule has 8 nitrogen and oxygen atoms in total. The molecule has 0 saturated carbocycles. The molecule has 1 saturated heterocycles.